The molecule has 0 aromatic rings. The molecule has 0 spiro atoms. The number of rotatable bonds is 6. The molecular weight excluding hydrogens is 937 g/mol. The van der Waals surface area contributed by atoms with Crippen molar-refractivity contribution in [2.75, 3.05) is 28.4 Å². The van der Waals surface area contributed by atoms with Crippen molar-refractivity contribution in [1.82, 2.24) is 0 Å². The second kappa shape index (κ2) is 22.1. The average Bonchev–Trinajstić information content (AvgIpc) is 4.21. The highest BCUT2D eigenvalue weighted by Crippen LogP contribution is 2.53. The molecule has 6 saturated carbocycles. The van der Waals surface area contributed by atoms with Crippen LogP contribution in [0.2, 0.25) is 0 Å². The summed E-state index contributed by atoms with van der Waals surface area (Å²) < 4.78 is 23.5. The number of allylic oxidation sites excluding steroid dienone is 12. The Hall–Kier alpha value is -5.60. The number of methoxy groups -OCH3 is 4. The second-order valence-electron chi connectivity index (χ2n) is 22.8. The van der Waals surface area contributed by atoms with Gasteiger partial charge in [-0.1, -0.05) is 101 Å². The van der Waals surface area contributed by atoms with E-state index in [0.717, 1.165) is 55.8 Å². The number of ether oxygens (including phenoxy) is 5. The molecule has 0 aromatic heterocycles. The zero-order chi connectivity index (χ0) is 52.7. The fraction of sp³-hybridized carbons (Fsp3) is 0.655. The van der Waals surface area contributed by atoms with Gasteiger partial charge in [0, 0.05) is 0 Å². The number of fused-ring (bicyclic) bond motifs is 15. The van der Waals surface area contributed by atoms with Gasteiger partial charge in [0.25, 0.3) is 0 Å². The van der Waals surface area contributed by atoms with Gasteiger partial charge in [-0.05, 0) is 133 Å². The number of hydrogen-bond acceptors (Lipinski definition) is 13. The zero-order valence-electron chi connectivity index (χ0n) is 43.2. The van der Waals surface area contributed by atoms with E-state index < -0.39 is 29.7 Å². The Bertz CT molecular complexity index is 2280. The van der Waals surface area contributed by atoms with Crippen LogP contribution in [0.25, 0.3) is 0 Å². The summed E-state index contributed by atoms with van der Waals surface area (Å²) >= 11 is 0. The topological polar surface area (TPSA) is 223 Å². The lowest BCUT2D eigenvalue weighted by atomic mass is 9.83. The van der Waals surface area contributed by atoms with E-state index in [9.17, 15) is 38.4 Å². The summed E-state index contributed by atoms with van der Waals surface area (Å²) in [7, 11) is 5.49. The molecule has 12 aliphatic carbocycles. The molecule has 13 aliphatic rings. The number of hydrogen-bond donors (Lipinski definition) is 2. The van der Waals surface area contributed by atoms with Crippen molar-refractivity contribution >= 4 is 47.8 Å². The Labute approximate surface area is 428 Å². The minimum absolute atomic E-state index is 0.0154. The van der Waals surface area contributed by atoms with Crippen molar-refractivity contribution in [1.29, 1.82) is 0 Å². The number of esters is 6. The predicted octanol–water partition coefficient (Wildman–Crippen LogP) is 7.57. The Balaban J connectivity index is 0.000000118. The van der Waals surface area contributed by atoms with Gasteiger partial charge in [0.1, 0.15) is 0 Å². The Morgan fingerprint density at radius 1 is 0.356 bits per heavy atom. The summed E-state index contributed by atoms with van der Waals surface area (Å²) in [4.78, 5) is 90.0. The molecule has 1 heterocycles. The monoisotopic (exact) mass is 1010 g/mol. The van der Waals surface area contributed by atoms with E-state index in [1.807, 2.05) is 43.4 Å². The first-order valence-corrected chi connectivity index (χ1v) is 26.5. The first kappa shape index (κ1) is 53.7. The minimum atomic E-state index is -0.891. The van der Waals surface area contributed by atoms with Crippen LogP contribution in [0.3, 0.4) is 0 Å². The molecule has 0 aromatic carbocycles. The number of carboxylic acid groups (broad SMARTS) is 2. The molecule has 1 saturated heterocycles. The summed E-state index contributed by atoms with van der Waals surface area (Å²) in [5.74, 6) is 2.31. The maximum atomic E-state index is 11.6. The van der Waals surface area contributed by atoms with Crippen molar-refractivity contribution in [3.05, 3.63) is 72.9 Å². The lowest BCUT2D eigenvalue weighted by molar-refractivity contribution is -0.158. The molecule has 12 bridgehead atoms. The average molecular weight is 1010 g/mol. The molecule has 0 radical (unpaired) electrons. The van der Waals surface area contributed by atoms with Crippen molar-refractivity contribution in [2.24, 2.45) is 142 Å². The maximum Gasteiger partial charge on any atom is 0.318 e. The summed E-state index contributed by atoms with van der Waals surface area (Å²) in [5.41, 5.74) is 0. The van der Waals surface area contributed by atoms with Gasteiger partial charge in [-0.15, -0.1) is 0 Å². The van der Waals surface area contributed by atoms with Crippen molar-refractivity contribution < 1.29 is 72.3 Å². The molecule has 24 atom stereocenters. The van der Waals surface area contributed by atoms with Crippen LogP contribution in [0.15, 0.2) is 72.9 Å². The molecule has 1 aliphatic heterocycles. The van der Waals surface area contributed by atoms with Gasteiger partial charge < -0.3 is 33.9 Å². The standard InChI is InChI=1S/C11H14O4.C10H12O4.C10H14O2.C9H8O3.C9H12O2.C9H14/c1-14-10(12)8-6-3-4-7(5-6)9(8)11(13)15-2;1-14-10(13)8-6-3-2-5(4-6)7(8)9(11)12;1-6-7-3-4-8(5-7)9(6)10(11)12-2;10-8-6-4-1-2-5(3-4)7(6)9(11)12-8;1-5-6-2-3-7(4-6)8(5)9(10)11;1-6-7(2)9-4-3-8(6)5-9/h3-4,6-9H,5H2,1-2H3;2-3,5-8H,4H2,1H3,(H,11,12);3-4,6-9H,5H2,1-2H3;1-2,4-7H,3H2;2-3,5-8H,4H2,1H3,(H,10,11);3-4,6-9H,5H2,1-2H3/t6?,7?,8-,9?;5?,6?,7-,8?;6-,7?,8?,9?;4?,5?,6-,7+;5-,6?,7?,8?;6-,7-,8?,9?/m111.10/s1. The molecule has 2 N–H and O–H groups in total. The van der Waals surface area contributed by atoms with Crippen molar-refractivity contribution in [3.63, 3.8) is 0 Å². The van der Waals surface area contributed by atoms with Gasteiger partial charge in [0.2, 0.25) is 0 Å². The van der Waals surface area contributed by atoms with E-state index in [0.29, 0.717) is 35.5 Å². The van der Waals surface area contributed by atoms with Gasteiger partial charge in [0.05, 0.1) is 75.8 Å². The minimum Gasteiger partial charge on any atom is -0.481 e. The zero-order valence-corrected chi connectivity index (χ0v) is 43.2. The summed E-state index contributed by atoms with van der Waals surface area (Å²) in [6, 6.07) is 0. The highest BCUT2D eigenvalue weighted by Gasteiger charge is 2.58. The van der Waals surface area contributed by atoms with E-state index in [1.54, 1.807) is 0 Å². The summed E-state index contributed by atoms with van der Waals surface area (Å²) in [5, 5.41) is 17.9. The third kappa shape index (κ3) is 10.2. The molecule has 396 valence electrons. The van der Waals surface area contributed by atoms with Crippen LogP contribution >= 0.6 is 0 Å². The van der Waals surface area contributed by atoms with Crippen LogP contribution in [0.4, 0.5) is 0 Å². The normalized spacial score (nSPS) is 43.8. The smallest absolute Gasteiger partial charge is 0.318 e. The lowest BCUT2D eigenvalue weighted by Gasteiger charge is -2.23. The third-order valence-electron chi connectivity index (χ3n) is 19.6. The van der Waals surface area contributed by atoms with E-state index in [1.165, 1.54) is 34.9 Å². The molecule has 0 amide bonds. The fourth-order valence-corrected chi connectivity index (χ4v) is 15.4. The number of aliphatic carboxylic acids is 2. The molecule has 16 unspecified atom stereocenters. The van der Waals surface area contributed by atoms with Crippen LogP contribution in [-0.4, -0.2) is 86.4 Å². The van der Waals surface area contributed by atoms with Gasteiger partial charge in [-0.2, -0.15) is 0 Å². The van der Waals surface area contributed by atoms with Crippen LogP contribution in [0.1, 0.15) is 66.2 Å². The van der Waals surface area contributed by atoms with E-state index in [-0.39, 0.29) is 101 Å². The predicted molar refractivity (Wildman–Crippen MR) is 263 cm³/mol. The quantitative estimate of drug-likeness (QED) is 0.113. The molecular formula is C58H74O15. The Morgan fingerprint density at radius 3 is 0.877 bits per heavy atom. The number of cyclic esters (lactones) is 2. The fourth-order valence-electron chi connectivity index (χ4n) is 15.4. The van der Waals surface area contributed by atoms with Crippen LogP contribution in [0, 0.1) is 142 Å². The van der Waals surface area contributed by atoms with E-state index in [2.05, 4.69) is 66.7 Å². The van der Waals surface area contributed by atoms with E-state index >= 15 is 0 Å². The van der Waals surface area contributed by atoms with Crippen LogP contribution in [-0.2, 0) is 62.0 Å². The third-order valence-corrected chi connectivity index (χ3v) is 19.6. The van der Waals surface area contributed by atoms with Crippen molar-refractivity contribution in [3.8, 4) is 0 Å². The first-order chi connectivity index (χ1) is 34.8. The van der Waals surface area contributed by atoms with Gasteiger partial charge in [-0.25, -0.2) is 0 Å². The SMILES string of the molecule is COC(=O)C1C2C=CC(C2)[C@H]1C.COC(=O)C1C2C=CC(C2)[C@H]1C(=O)O.COC(=O)C1C2C=CC(C2)[C@H]1C(=O)OC.C[C@@H]1C2C=CC(C2)C1C(=O)O.C[C@@H]1C2C=CC(C2)[C@H]1C.O=C1OC(=O)[C@H]2C3C=CC(C3)[C@@H]12. The maximum absolute atomic E-state index is 11.6. The number of carboxylic acids is 2. The molecule has 73 heavy (non-hydrogen) atoms. The molecule has 15 heteroatoms. The first-order valence-electron chi connectivity index (χ1n) is 26.5. The van der Waals surface area contributed by atoms with E-state index in [4.69, 9.17) is 24.4 Å². The largest absolute Gasteiger partial charge is 0.481 e. The van der Waals surface area contributed by atoms with Gasteiger partial charge >= 0.3 is 47.8 Å². The molecule has 15 nitrogen and oxygen atoms in total. The number of carbonyl (C=O) groups is 8. The van der Waals surface area contributed by atoms with Gasteiger partial charge in [-0.3, -0.25) is 38.4 Å². The molecule has 7 fully saturated rings. The molecule has 13 rings (SSSR count). The van der Waals surface area contributed by atoms with Crippen LogP contribution < -0.4 is 0 Å². The van der Waals surface area contributed by atoms with Gasteiger partial charge in [0.15, 0.2) is 0 Å². The highest BCUT2D eigenvalue weighted by atomic mass is 16.6. The lowest BCUT2D eigenvalue weighted by Crippen LogP contribution is -2.34. The highest BCUT2D eigenvalue weighted by molar-refractivity contribution is 5.98. The Kier molecular flexibility index (Phi) is 16.2. The van der Waals surface area contributed by atoms with Crippen LogP contribution in [0.5, 0.6) is 0 Å². The Morgan fingerprint density at radius 2 is 0.589 bits per heavy atom. The summed E-state index contributed by atoms with van der Waals surface area (Å²) in [6.45, 7) is 8.97. The number of carbonyl (C=O) groups excluding carboxylic acids is 6. The summed E-state index contributed by atoms with van der Waals surface area (Å²) in [6.07, 6.45) is 31.7. The van der Waals surface area contributed by atoms with Crippen molar-refractivity contribution in [2.45, 2.75) is 66.2 Å². The second-order valence-corrected chi connectivity index (χ2v) is 22.8.